The third-order valence-electron chi connectivity index (χ3n) is 3.73. The molecule has 2 N–H and O–H groups in total. The number of benzene rings is 1. The molecule has 0 aliphatic carbocycles. The van der Waals surface area contributed by atoms with Gasteiger partial charge in [-0.25, -0.2) is 4.39 Å². The van der Waals surface area contributed by atoms with Crippen molar-refractivity contribution in [2.24, 2.45) is 5.73 Å². The summed E-state index contributed by atoms with van der Waals surface area (Å²) in [4.78, 5) is 2.44. The van der Waals surface area contributed by atoms with Gasteiger partial charge < -0.3 is 5.73 Å². The topological polar surface area (TPSA) is 29.3 Å². The van der Waals surface area contributed by atoms with Crippen LogP contribution in [0, 0.1) is 5.82 Å². The van der Waals surface area contributed by atoms with Crippen molar-refractivity contribution in [3.63, 3.8) is 0 Å². The Labute approximate surface area is 123 Å². The number of thioether (sulfide) groups is 1. The molecule has 104 valence electrons. The van der Waals surface area contributed by atoms with Crippen molar-refractivity contribution in [2.75, 3.05) is 12.3 Å². The van der Waals surface area contributed by atoms with Gasteiger partial charge in [-0.3, -0.25) is 4.90 Å². The third kappa shape index (κ3) is 3.27. The zero-order valence-corrected chi connectivity index (χ0v) is 12.9. The van der Waals surface area contributed by atoms with Crippen LogP contribution in [0.4, 0.5) is 4.39 Å². The molecule has 5 heteroatoms. The van der Waals surface area contributed by atoms with E-state index >= 15 is 0 Å². The molecule has 1 saturated heterocycles. The summed E-state index contributed by atoms with van der Waals surface area (Å²) in [5.41, 5.74) is 6.56. The monoisotopic (exact) mass is 298 g/mol. The zero-order valence-electron chi connectivity index (χ0n) is 11.2. The normalized spacial score (nSPS) is 24.4. The molecular weight excluding hydrogens is 279 g/mol. The van der Waals surface area contributed by atoms with E-state index in [2.05, 4.69) is 18.7 Å². The summed E-state index contributed by atoms with van der Waals surface area (Å²) in [6.07, 6.45) is 0. The van der Waals surface area contributed by atoms with Crippen LogP contribution >= 0.6 is 24.0 Å². The highest BCUT2D eigenvalue weighted by molar-refractivity contribution is 8.00. The number of hydrogen-bond donors (Lipinski definition) is 1. The molecule has 0 radical (unpaired) electrons. The summed E-state index contributed by atoms with van der Waals surface area (Å²) in [6, 6.07) is 5.72. The number of hydrogen-bond acceptors (Lipinski definition) is 3. The molecule has 2 atom stereocenters. The van der Waals surface area contributed by atoms with Gasteiger partial charge in [0.25, 0.3) is 0 Å². The molecule has 0 spiro atoms. The Morgan fingerprint density at radius 1 is 1.53 bits per heavy atom. The van der Waals surface area contributed by atoms with E-state index in [0.29, 0.717) is 29.0 Å². The maximum absolute atomic E-state index is 14.3. The first-order valence-electron chi connectivity index (χ1n) is 6.43. The van der Waals surface area contributed by atoms with Crippen molar-refractivity contribution in [1.82, 2.24) is 4.90 Å². The van der Waals surface area contributed by atoms with Gasteiger partial charge in [0.15, 0.2) is 0 Å². The standard InChI is InChI=1S/C14H19FN2S2/c1-9-10(2)19-7-6-17(9)8-11-4-3-5-12(13(11)15)14(16)18/h3-5,9-10H,6-8H2,1-2H3,(H2,16,18). The fourth-order valence-electron chi connectivity index (χ4n) is 2.33. The highest BCUT2D eigenvalue weighted by atomic mass is 32.2. The number of nitrogens with zero attached hydrogens (tertiary/aromatic N) is 1. The van der Waals surface area contributed by atoms with Crippen LogP contribution in [0.25, 0.3) is 0 Å². The minimum atomic E-state index is -0.270. The van der Waals surface area contributed by atoms with Crippen molar-refractivity contribution in [1.29, 1.82) is 0 Å². The number of nitrogens with two attached hydrogens (primary N) is 1. The summed E-state index contributed by atoms with van der Waals surface area (Å²) < 4.78 is 14.3. The summed E-state index contributed by atoms with van der Waals surface area (Å²) in [6.45, 7) is 6.04. The van der Waals surface area contributed by atoms with E-state index in [1.165, 1.54) is 0 Å². The number of rotatable bonds is 3. The lowest BCUT2D eigenvalue weighted by Crippen LogP contribution is -2.44. The lowest BCUT2D eigenvalue weighted by molar-refractivity contribution is 0.202. The molecule has 0 saturated carbocycles. The van der Waals surface area contributed by atoms with Gasteiger partial charge in [-0.2, -0.15) is 11.8 Å². The van der Waals surface area contributed by atoms with Crippen molar-refractivity contribution in [2.45, 2.75) is 31.7 Å². The average molecular weight is 298 g/mol. The molecule has 1 aromatic rings. The first-order valence-corrected chi connectivity index (χ1v) is 7.89. The minimum absolute atomic E-state index is 0.120. The summed E-state index contributed by atoms with van der Waals surface area (Å²) in [5.74, 6) is 0.829. The summed E-state index contributed by atoms with van der Waals surface area (Å²) in [5, 5.41) is 0.579. The second-order valence-corrected chi connectivity index (χ2v) is 6.85. The van der Waals surface area contributed by atoms with Crippen molar-refractivity contribution >= 4 is 29.0 Å². The largest absolute Gasteiger partial charge is 0.389 e. The highest BCUT2D eigenvalue weighted by Gasteiger charge is 2.26. The Morgan fingerprint density at radius 2 is 2.26 bits per heavy atom. The van der Waals surface area contributed by atoms with Crippen LogP contribution in [0.2, 0.25) is 0 Å². The molecule has 1 heterocycles. The minimum Gasteiger partial charge on any atom is -0.389 e. The SMILES string of the molecule is CC1SCCN(Cc2cccc(C(N)=S)c2F)C1C. The van der Waals surface area contributed by atoms with E-state index < -0.39 is 0 Å². The molecule has 0 amide bonds. The van der Waals surface area contributed by atoms with E-state index in [9.17, 15) is 4.39 Å². The Morgan fingerprint density at radius 3 is 2.95 bits per heavy atom. The van der Waals surface area contributed by atoms with Gasteiger partial charge in [0.1, 0.15) is 10.8 Å². The first kappa shape index (κ1) is 14.8. The van der Waals surface area contributed by atoms with Gasteiger partial charge in [-0.1, -0.05) is 31.3 Å². The molecule has 2 rings (SSSR count). The molecule has 2 unspecified atom stereocenters. The van der Waals surface area contributed by atoms with Crippen LogP contribution in [0.3, 0.4) is 0 Å². The second-order valence-electron chi connectivity index (χ2n) is 4.93. The van der Waals surface area contributed by atoms with E-state index in [0.717, 1.165) is 12.3 Å². The Kier molecular flexibility index (Phi) is 4.81. The molecular formula is C14H19FN2S2. The van der Waals surface area contributed by atoms with Crippen LogP contribution in [-0.2, 0) is 6.54 Å². The van der Waals surface area contributed by atoms with Gasteiger partial charge in [0.2, 0.25) is 0 Å². The van der Waals surface area contributed by atoms with Crippen LogP contribution in [0.5, 0.6) is 0 Å². The van der Waals surface area contributed by atoms with Crippen molar-refractivity contribution in [3.8, 4) is 0 Å². The molecule has 1 aliphatic heterocycles. The quantitative estimate of drug-likeness (QED) is 0.869. The zero-order chi connectivity index (χ0) is 14.0. The van der Waals surface area contributed by atoms with Gasteiger partial charge >= 0.3 is 0 Å². The summed E-state index contributed by atoms with van der Waals surface area (Å²) >= 11 is 6.85. The van der Waals surface area contributed by atoms with Crippen LogP contribution < -0.4 is 5.73 Å². The first-order chi connectivity index (χ1) is 9.00. The van der Waals surface area contributed by atoms with Gasteiger partial charge in [-0.05, 0) is 13.0 Å². The number of thiocarbonyl (C=S) groups is 1. The Hall–Kier alpha value is -0.650. The Bertz CT molecular complexity index is 479. The molecule has 2 nitrogen and oxygen atoms in total. The molecule has 19 heavy (non-hydrogen) atoms. The maximum atomic E-state index is 14.3. The van der Waals surface area contributed by atoms with E-state index in [-0.39, 0.29) is 10.8 Å². The molecule has 0 bridgehead atoms. The lowest BCUT2D eigenvalue weighted by atomic mass is 10.1. The molecule has 1 aromatic carbocycles. The van der Waals surface area contributed by atoms with E-state index in [4.69, 9.17) is 18.0 Å². The maximum Gasteiger partial charge on any atom is 0.137 e. The third-order valence-corrected chi connectivity index (χ3v) is 5.29. The lowest BCUT2D eigenvalue weighted by Gasteiger charge is -2.37. The van der Waals surface area contributed by atoms with Crippen molar-refractivity contribution < 1.29 is 4.39 Å². The van der Waals surface area contributed by atoms with Gasteiger partial charge in [-0.15, -0.1) is 0 Å². The predicted octanol–water partition coefficient (Wildman–Crippen LogP) is 2.79. The van der Waals surface area contributed by atoms with Crippen molar-refractivity contribution in [3.05, 3.63) is 35.1 Å². The molecule has 1 fully saturated rings. The average Bonchev–Trinajstić information content (AvgIpc) is 2.37. The fraction of sp³-hybridized carbons (Fsp3) is 0.500. The second kappa shape index (κ2) is 6.20. The fourth-order valence-corrected chi connectivity index (χ4v) is 3.65. The van der Waals surface area contributed by atoms with Crippen LogP contribution in [0.15, 0.2) is 18.2 Å². The molecule has 1 aliphatic rings. The van der Waals surface area contributed by atoms with E-state index in [1.807, 2.05) is 23.9 Å². The summed E-state index contributed by atoms with van der Waals surface area (Å²) in [7, 11) is 0. The highest BCUT2D eigenvalue weighted by Crippen LogP contribution is 2.26. The van der Waals surface area contributed by atoms with Gasteiger partial charge in [0.05, 0.1) is 0 Å². The smallest absolute Gasteiger partial charge is 0.137 e. The van der Waals surface area contributed by atoms with E-state index in [1.54, 1.807) is 6.07 Å². The number of halogens is 1. The Balaban J connectivity index is 2.19. The van der Waals surface area contributed by atoms with Crippen LogP contribution in [0.1, 0.15) is 25.0 Å². The predicted molar refractivity (Wildman–Crippen MR) is 84.1 cm³/mol. The van der Waals surface area contributed by atoms with Crippen LogP contribution in [-0.4, -0.2) is 33.5 Å². The van der Waals surface area contributed by atoms with Gasteiger partial charge in [0, 0.05) is 41.3 Å². The molecule has 0 aromatic heterocycles.